The van der Waals surface area contributed by atoms with Gasteiger partial charge in [-0.2, -0.15) is 0 Å². The summed E-state index contributed by atoms with van der Waals surface area (Å²) in [5.41, 5.74) is 0.690. The van der Waals surface area contributed by atoms with Crippen LogP contribution >= 0.6 is 0 Å². The summed E-state index contributed by atoms with van der Waals surface area (Å²) in [6, 6.07) is 4.91. The molecule has 36 heavy (non-hydrogen) atoms. The molecular formula is C28H42O8. The molecule has 1 aromatic carbocycles. The Bertz CT molecular complexity index is 848. The molecule has 0 aliphatic heterocycles. The SMILES string of the molecule is CCCCCCCCc1cccc(C(=O)C(OCC)C(=O)OCC)c1C(=O)C(OCC)C(=O)OCC. The Hall–Kier alpha value is -2.58. The molecule has 0 amide bonds. The predicted octanol–water partition coefficient (Wildman–Crippen LogP) is 4.89. The number of hydrogen-bond donors (Lipinski definition) is 0. The fourth-order valence-corrected chi connectivity index (χ4v) is 3.94. The van der Waals surface area contributed by atoms with Crippen LogP contribution in [0.1, 0.15) is 99.4 Å². The Morgan fingerprint density at radius 2 is 1.19 bits per heavy atom. The summed E-state index contributed by atoms with van der Waals surface area (Å²) in [4.78, 5) is 52.3. The van der Waals surface area contributed by atoms with Crippen molar-refractivity contribution in [1.29, 1.82) is 0 Å². The third-order valence-corrected chi connectivity index (χ3v) is 5.61. The predicted molar refractivity (Wildman–Crippen MR) is 136 cm³/mol. The average molecular weight is 507 g/mol. The van der Waals surface area contributed by atoms with Gasteiger partial charge in [-0.3, -0.25) is 9.59 Å². The van der Waals surface area contributed by atoms with E-state index in [0.717, 1.165) is 32.1 Å². The Morgan fingerprint density at radius 1 is 0.667 bits per heavy atom. The van der Waals surface area contributed by atoms with Crippen molar-refractivity contribution in [2.45, 2.75) is 91.8 Å². The number of hydrogen-bond acceptors (Lipinski definition) is 8. The fraction of sp³-hybridized carbons (Fsp3) is 0.643. The molecule has 0 bridgehead atoms. The van der Waals surface area contributed by atoms with Gasteiger partial charge in [-0.15, -0.1) is 0 Å². The lowest BCUT2D eigenvalue weighted by atomic mass is 9.88. The van der Waals surface area contributed by atoms with E-state index in [1.54, 1.807) is 39.8 Å². The standard InChI is InChI=1S/C28H42O8/c1-6-11-12-13-14-15-17-20-18-16-19-21(23(29)25(33-7-2)27(31)35-9-4)22(20)24(30)26(34-8-3)28(32)36-10-5/h16,18-19,25-26H,6-15,17H2,1-5H3. The van der Waals surface area contributed by atoms with E-state index in [1.165, 1.54) is 12.5 Å². The first kappa shape index (κ1) is 31.4. The summed E-state index contributed by atoms with van der Waals surface area (Å²) >= 11 is 0. The van der Waals surface area contributed by atoms with Crippen LogP contribution in [0.5, 0.6) is 0 Å². The van der Waals surface area contributed by atoms with Gasteiger partial charge in [0, 0.05) is 24.3 Å². The van der Waals surface area contributed by atoms with Crippen molar-refractivity contribution in [3.8, 4) is 0 Å². The van der Waals surface area contributed by atoms with Crippen LogP contribution in [0.15, 0.2) is 18.2 Å². The second-order valence-electron chi connectivity index (χ2n) is 8.26. The molecule has 2 unspecified atom stereocenters. The molecule has 8 heteroatoms. The van der Waals surface area contributed by atoms with Crippen molar-refractivity contribution in [3.05, 3.63) is 34.9 Å². The lowest BCUT2D eigenvalue weighted by Gasteiger charge is -2.21. The normalized spacial score (nSPS) is 12.6. The minimum absolute atomic E-state index is 0.00369. The van der Waals surface area contributed by atoms with E-state index in [4.69, 9.17) is 18.9 Å². The van der Waals surface area contributed by atoms with Crippen LogP contribution in [0.25, 0.3) is 0 Å². The summed E-state index contributed by atoms with van der Waals surface area (Å²) in [7, 11) is 0. The summed E-state index contributed by atoms with van der Waals surface area (Å²) in [5.74, 6) is -3.00. The highest BCUT2D eigenvalue weighted by atomic mass is 16.6. The van der Waals surface area contributed by atoms with E-state index in [-0.39, 0.29) is 37.6 Å². The van der Waals surface area contributed by atoms with E-state index in [9.17, 15) is 19.2 Å². The third kappa shape index (κ3) is 9.47. The zero-order valence-corrected chi connectivity index (χ0v) is 22.4. The first-order valence-corrected chi connectivity index (χ1v) is 13.1. The highest BCUT2D eigenvalue weighted by molar-refractivity contribution is 6.20. The molecule has 0 aliphatic rings. The first-order valence-electron chi connectivity index (χ1n) is 13.1. The molecule has 0 heterocycles. The number of benzene rings is 1. The molecule has 202 valence electrons. The van der Waals surface area contributed by atoms with Crippen LogP contribution in [0.3, 0.4) is 0 Å². The van der Waals surface area contributed by atoms with Crippen LogP contribution < -0.4 is 0 Å². The molecule has 1 rings (SSSR count). The molecule has 0 aromatic heterocycles. The first-order chi connectivity index (χ1) is 17.4. The van der Waals surface area contributed by atoms with Crippen LogP contribution in [-0.4, -0.2) is 62.1 Å². The fourth-order valence-electron chi connectivity index (χ4n) is 3.94. The number of ketones is 2. The van der Waals surface area contributed by atoms with E-state index in [2.05, 4.69) is 6.92 Å². The maximum Gasteiger partial charge on any atom is 0.343 e. The van der Waals surface area contributed by atoms with Gasteiger partial charge in [-0.25, -0.2) is 9.59 Å². The minimum Gasteiger partial charge on any atom is -0.464 e. The summed E-state index contributed by atoms with van der Waals surface area (Å²) in [6.45, 7) is 9.11. The number of rotatable bonds is 19. The summed E-state index contributed by atoms with van der Waals surface area (Å²) < 4.78 is 21.0. The van der Waals surface area contributed by atoms with Gasteiger partial charge in [0.15, 0.2) is 0 Å². The molecular weight excluding hydrogens is 464 g/mol. The van der Waals surface area contributed by atoms with Crippen LogP contribution in [-0.2, 0) is 35.0 Å². The van der Waals surface area contributed by atoms with Crippen molar-refractivity contribution in [2.24, 2.45) is 0 Å². The Kier molecular flexibility index (Phi) is 15.5. The molecule has 8 nitrogen and oxygen atoms in total. The van der Waals surface area contributed by atoms with Crippen LogP contribution in [0.2, 0.25) is 0 Å². The van der Waals surface area contributed by atoms with Gasteiger partial charge in [0.1, 0.15) is 0 Å². The monoisotopic (exact) mass is 506 g/mol. The molecule has 0 fully saturated rings. The van der Waals surface area contributed by atoms with Crippen molar-refractivity contribution in [3.63, 3.8) is 0 Å². The largest absolute Gasteiger partial charge is 0.464 e. The van der Waals surface area contributed by atoms with E-state index in [0.29, 0.717) is 12.0 Å². The number of esters is 2. The van der Waals surface area contributed by atoms with Gasteiger partial charge >= 0.3 is 11.9 Å². The number of carbonyl (C=O) groups excluding carboxylic acids is 4. The second-order valence-corrected chi connectivity index (χ2v) is 8.26. The number of unbranched alkanes of at least 4 members (excludes halogenated alkanes) is 5. The van der Waals surface area contributed by atoms with Crippen LogP contribution in [0, 0.1) is 0 Å². The van der Waals surface area contributed by atoms with Gasteiger partial charge < -0.3 is 18.9 Å². The number of Topliss-reactive ketones (excluding diaryl/α,β-unsaturated/α-hetero) is 2. The number of aryl methyl sites for hydroxylation is 1. The highest BCUT2D eigenvalue weighted by Crippen LogP contribution is 2.24. The molecule has 0 aliphatic carbocycles. The molecule has 0 saturated heterocycles. The third-order valence-electron chi connectivity index (χ3n) is 5.61. The Morgan fingerprint density at radius 3 is 1.72 bits per heavy atom. The van der Waals surface area contributed by atoms with Crippen LogP contribution in [0.4, 0.5) is 0 Å². The topological polar surface area (TPSA) is 105 Å². The van der Waals surface area contributed by atoms with Crippen molar-refractivity contribution >= 4 is 23.5 Å². The molecule has 2 atom stereocenters. The molecule has 0 saturated carbocycles. The zero-order chi connectivity index (χ0) is 26.9. The van der Waals surface area contributed by atoms with Gasteiger partial charge in [-0.1, -0.05) is 57.2 Å². The quantitative estimate of drug-likeness (QED) is 0.113. The van der Waals surface area contributed by atoms with Crippen molar-refractivity contribution in [1.82, 2.24) is 0 Å². The molecule has 0 radical (unpaired) electrons. The van der Waals surface area contributed by atoms with E-state index < -0.39 is 35.7 Å². The number of carbonyl (C=O) groups is 4. The Labute approximate surface area is 215 Å². The van der Waals surface area contributed by atoms with Gasteiger partial charge in [0.2, 0.25) is 23.8 Å². The lowest BCUT2D eigenvalue weighted by Crippen LogP contribution is -2.39. The Balaban J connectivity index is 3.47. The summed E-state index contributed by atoms with van der Waals surface area (Å²) in [5, 5.41) is 0. The number of ether oxygens (including phenoxy) is 4. The average Bonchev–Trinajstić information content (AvgIpc) is 2.87. The molecule has 0 N–H and O–H groups in total. The zero-order valence-electron chi connectivity index (χ0n) is 22.4. The van der Waals surface area contributed by atoms with Gasteiger partial charge in [0.05, 0.1) is 13.2 Å². The molecule has 0 spiro atoms. The highest BCUT2D eigenvalue weighted by Gasteiger charge is 2.37. The van der Waals surface area contributed by atoms with Crippen molar-refractivity contribution in [2.75, 3.05) is 26.4 Å². The van der Waals surface area contributed by atoms with E-state index in [1.807, 2.05) is 0 Å². The maximum atomic E-state index is 13.7. The van der Waals surface area contributed by atoms with Gasteiger partial charge in [-0.05, 0) is 46.1 Å². The van der Waals surface area contributed by atoms with Gasteiger partial charge in [0.25, 0.3) is 0 Å². The lowest BCUT2D eigenvalue weighted by molar-refractivity contribution is -0.154. The molecule has 1 aromatic rings. The van der Waals surface area contributed by atoms with Crippen molar-refractivity contribution < 1.29 is 38.1 Å². The summed E-state index contributed by atoms with van der Waals surface area (Å²) in [6.07, 6.45) is 3.85. The maximum absolute atomic E-state index is 13.7. The van der Waals surface area contributed by atoms with E-state index >= 15 is 0 Å². The minimum atomic E-state index is -1.51. The smallest absolute Gasteiger partial charge is 0.343 e. The second kappa shape index (κ2) is 17.8.